The third-order valence-corrected chi connectivity index (χ3v) is 5.13. The summed E-state index contributed by atoms with van der Waals surface area (Å²) >= 11 is 0. The molecule has 1 saturated heterocycles. The highest BCUT2D eigenvalue weighted by Crippen LogP contribution is 2.72. The minimum Gasteiger partial charge on any atom is -0.347 e. The van der Waals surface area contributed by atoms with Gasteiger partial charge in [-0.15, -0.1) is 0 Å². The van der Waals surface area contributed by atoms with Crippen molar-refractivity contribution in [2.75, 3.05) is 13.7 Å². The first-order valence-electron chi connectivity index (χ1n) is 5.25. The number of Topliss-reactive ketones (excluding diaryl/α,β-unsaturated/α-hetero) is 1. The number of carbonyl (C=O) groups excluding carboxylic acids is 1. The molecule has 2 unspecified atom stereocenters. The summed E-state index contributed by atoms with van der Waals surface area (Å²) in [5, 5.41) is 0. The van der Waals surface area contributed by atoms with E-state index in [0.29, 0.717) is 6.61 Å². The molecule has 4 atom stereocenters. The summed E-state index contributed by atoms with van der Waals surface area (Å²) in [5.74, 6) is -0.433. The lowest BCUT2D eigenvalue weighted by Crippen LogP contribution is -2.52. The van der Waals surface area contributed by atoms with E-state index in [1.54, 1.807) is 7.11 Å². The number of ketones is 1. The third-order valence-electron chi connectivity index (χ3n) is 5.13. The van der Waals surface area contributed by atoms with Gasteiger partial charge in [-0.1, -0.05) is 13.8 Å². The first kappa shape index (κ1) is 8.86. The number of ether oxygens (including phenoxy) is 2. The van der Waals surface area contributed by atoms with E-state index in [2.05, 4.69) is 13.8 Å². The standard InChI is InChI=1S/C11H16O3/c1-9-5-4-7-10(9,2)6-14-11(7,13-3)8(9)12/h7H,4-6H2,1-3H3/t7-,9-,10?,11?/m0/s1. The van der Waals surface area contributed by atoms with Crippen molar-refractivity contribution in [1.29, 1.82) is 0 Å². The molecule has 0 aromatic rings. The highest BCUT2D eigenvalue weighted by atomic mass is 16.7. The Morgan fingerprint density at radius 3 is 2.64 bits per heavy atom. The zero-order valence-corrected chi connectivity index (χ0v) is 8.92. The van der Waals surface area contributed by atoms with E-state index in [1.807, 2.05) is 0 Å². The predicted octanol–water partition coefficient (Wildman–Crippen LogP) is 1.36. The average Bonchev–Trinajstić information content (AvgIpc) is 2.65. The number of hydrogen-bond donors (Lipinski definition) is 0. The molecule has 2 saturated carbocycles. The van der Waals surface area contributed by atoms with Crippen molar-refractivity contribution in [3.8, 4) is 0 Å². The highest BCUT2D eigenvalue weighted by molar-refractivity contribution is 5.97. The van der Waals surface area contributed by atoms with E-state index in [0.717, 1.165) is 12.8 Å². The summed E-state index contributed by atoms with van der Waals surface area (Å²) in [5.41, 5.74) is -0.188. The number of rotatable bonds is 1. The van der Waals surface area contributed by atoms with Crippen LogP contribution in [0.3, 0.4) is 0 Å². The fourth-order valence-electron chi connectivity index (χ4n) is 3.92. The van der Waals surface area contributed by atoms with Gasteiger partial charge in [-0.25, -0.2) is 0 Å². The first-order valence-corrected chi connectivity index (χ1v) is 5.25. The lowest BCUT2D eigenvalue weighted by molar-refractivity contribution is -0.226. The molecule has 3 aliphatic rings. The van der Waals surface area contributed by atoms with Crippen molar-refractivity contribution < 1.29 is 14.3 Å². The Bertz CT molecular complexity index is 326. The van der Waals surface area contributed by atoms with Gasteiger partial charge in [0, 0.05) is 23.9 Å². The van der Waals surface area contributed by atoms with E-state index in [4.69, 9.17) is 9.47 Å². The normalized spacial score (nSPS) is 59.9. The van der Waals surface area contributed by atoms with Crippen LogP contribution in [0.25, 0.3) is 0 Å². The average molecular weight is 196 g/mol. The minimum atomic E-state index is -0.887. The van der Waals surface area contributed by atoms with Crippen molar-refractivity contribution in [1.82, 2.24) is 0 Å². The second-order valence-corrected chi connectivity index (χ2v) is 5.33. The molecule has 3 heteroatoms. The molecule has 1 heterocycles. The van der Waals surface area contributed by atoms with Crippen LogP contribution in [0, 0.1) is 16.7 Å². The molecule has 1 aliphatic heterocycles. The lowest BCUT2D eigenvalue weighted by atomic mass is 9.69. The zero-order chi connectivity index (χ0) is 10.2. The van der Waals surface area contributed by atoms with Gasteiger partial charge in [0.2, 0.25) is 5.79 Å². The molecule has 0 spiro atoms. The Labute approximate surface area is 83.8 Å². The topological polar surface area (TPSA) is 35.5 Å². The molecule has 0 N–H and O–H groups in total. The zero-order valence-electron chi connectivity index (χ0n) is 8.92. The van der Waals surface area contributed by atoms with Gasteiger partial charge in [-0.3, -0.25) is 4.79 Å². The van der Waals surface area contributed by atoms with Crippen LogP contribution in [0.2, 0.25) is 0 Å². The van der Waals surface area contributed by atoms with E-state index in [-0.39, 0.29) is 22.5 Å². The molecule has 3 rings (SSSR count). The second kappa shape index (κ2) is 2.07. The smallest absolute Gasteiger partial charge is 0.232 e. The molecule has 4 bridgehead atoms. The summed E-state index contributed by atoms with van der Waals surface area (Å²) in [7, 11) is 1.59. The largest absolute Gasteiger partial charge is 0.347 e. The van der Waals surface area contributed by atoms with Crippen LogP contribution < -0.4 is 0 Å². The van der Waals surface area contributed by atoms with E-state index in [9.17, 15) is 4.79 Å². The molecule has 0 aromatic carbocycles. The fourth-order valence-corrected chi connectivity index (χ4v) is 3.92. The minimum absolute atomic E-state index is 0.0140. The van der Waals surface area contributed by atoms with Crippen molar-refractivity contribution in [2.24, 2.45) is 16.7 Å². The molecule has 78 valence electrons. The van der Waals surface area contributed by atoms with Crippen molar-refractivity contribution in [3.63, 3.8) is 0 Å². The molecule has 14 heavy (non-hydrogen) atoms. The van der Waals surface area contributed by atoms with Gasteiger partial charge >= 0.3 is 0 Å². The summed E-state index contributed by atoms with van der Waals surface area (Å²) in [6.45, 7) is 4.93. The van der Waals surface area contributed by atoms with Crippen LogP contribution >= 0.6 is 0 Å². The SMILES string of the molecule is COC12OCC3(C)[C@@H]1CC[C@@]3(C)C2=O. The Morgan fingerprint density at radius 2 is 2.21 bits per heavy atom. The van der Waals surface area contributed by atoms with Crippen LogP contribution in [0.1, 0.15) is 26.7 Å². The molecule has 0 amide bonds. The van der Waals surface area contributed by atoms with E-state index >= 15 is 0 Å². The molecular weight excluding hydrogens is 180 g/mol. The molecule has 3 fully saturated rings. The van der Waals surface area contributed by atoms with Crippen molar-refractivity contribution in [2.45, 2.75) is 32.5 Å². The molecule has 0 aromatic heterocycles. The third kappa shape index (κ3) is 0.551. The van der Waals surface area contributed by atoms with E-state index in [1.165, 1.54) is 0 Å². The summed E-state index contributed by atoms with van der Waals surface area (Å²) < 4.78 is 11.0. The quantitative estimate of drug-likeness (QED) is 0.635. The Balaban J connectivity index is 2.21. The summed E-state index contributed by atoms with van der Waals surface area (Å²) in [6, 6.07) is 0. The van der Waals surface area contributed by atoms with Crippen LogP contribution in [0.4, 0.5) is 0 Å². The van der Waals surface area contributed by atoms with Gasteiger partial charge < -0.3 is 9.47 Å². The predicted molar refractivity (Wildman–Crippen MR) is 49.6 cm³/mol. The van der Waals surface area contributed by atoms with Gasteiger partial charge in [0.15, 0.2) is 5.78 Å². The summed E-state index contributed by atoms with van der Waals surface area (Å²) in [4.78, 5) is 12.3. The fraction of sp³-hybridized carbons (Fsp3) is 0.909. The monoisotopic (exact) mass is 196 g/mol. The van der Waals surface area contributed by atoms with Gasteiger partial charge in [0.05, 0.1) is 6.61 Å². The maximum atomic E-state index is 12.3. The maximum Gasteiger partial charge on any atom is 0.232 e. The van der Waals surface area contributed by atoms with Gasteiger partial charge in [-0.05, 0) is 12.8 Å². The Hall–Kier alpha value is -0.410. The van der Waals surface area contributed by atoms with Gasteiger partial charge in [-0.2, -0.15) is 0 Å². The molecule has 2 aliphatic carbocycles. The van der Waals surface area contributed by atoms with Crippen LogP contribution in [-0.2, 0) is 14.3 Å². The van der Waals surface area contributed by atoms with Crippen molar-refractivity contribution >= 4 is 5.78 Å². The van der Waals surface area contributed by atoms with Crippen LogP contribution in [0.15, 0.2) is 0 Å². The summed E-state index contributed by atoms with van der Waals surface area (Å²) in [6.07, 6.45) is 2.06. The number of hydrogen-bond acceptors (Lipinski definition) is 3. The molecule has 0 radical (unpaired) electrons. The van der Waals surface area contributed by atoms with Crippen LogP contribution in [-0.4, -0.2) is 25.3 Å². The first-order chi connectivity index (χ1) is 6.51. The van der Waals surface area contributed by atoms with Gasteiger partial charge in [0.1, 0.15) is 0 Å². The van der Waals surface area contributed by atoms with Crippen LogP contribution in [0.5, 0.6) is 0 Å². The lowest BCUT2D eigenvalue weighted by Gasteiger charge is -2.39. The Morgan fingerprint density at radius 1 is 1.50 bits per heavy atom. The number of carbonyl (C=O) groups is 1. The second-order valence-electron chi connectivity index (χ2n) is 5.33. The molecule has 3 nitrogen and oxygen atoms in total. The Kier molecular flexibility index (Phi) is 1.31. The highest BCUT2D eigenvalue weighted by Gasteiger charge is 2.80. The number of methoxy groups -OCH3 is 1. The van der Waals surface area contributed by atoms with Crippen molar-refractivity contribution in [3.05, 3.63) is 0 Å². The molecular formula is C11H16O3. The maximum absolute atomic E-state index is 12.3. The van der Waals surface area contributed by atoms with Gasteiger partial charge in [0.25, 0.3) is 0 Å². The van der Waals surface area contributed by atoms with E-state index < -0.39 is 5.79 Å².